The zero-order chi connectivity index (χ0) is 14.5. The van der Waals surface area contributed by atoms with Gasteiger partial charge in [-0.2, -0.15) is 5.26 Å². The van der Waals surface area contributed by atoms with Crippen molar-refractivity contribution in [2.75, 3.05) is 24.5 Å². The average Bonchev–Trinajstić information content (AvgIpc) is 2.45. The van der Waals surface area contributed by atoms with E-state index in [2.05, 4.69) is 16.3 Å². The molecule has 5 heteroatoms. The minimum Gasteiger partial charge on any atom is -0.370 e. The smallest absolute Gasteiger partial charge is 0.216 e. The van der Waals surface area contributed by atoms with Crippen molar-refractivity contribution >= 4 is 23.2 Å². The number of amides is 1. The summed E-state index contributed by atoms with van der Waals surface area (Å²) in [6, 6.07) is 7.62. The van der Waals surface area contributed by atoms with E-state index in [1.807, 2.05) is 12.1 Å². The van der Waals surface area contributed by atoms with Crippen LogP contribution in [0.25, 0.3) is 0 Å². The van der Waals surface area contributed by atoms with Crippen molar-refractivity contribution in [1.82, 2.24) is 5.32 Å². The first-order valence-electron chi connectivity index (χ1n) is 6.79. The molecule has 106 valence electrons. The van der Waals surface area contributed by atoms with E-state index in [1.165, 1.54) is 6.92 Å². The van der Waals surface area contributed by atoms with Gasteiger partial charge in [-0.1, -0.05) is 11.6 Å². The summed E-state index contributed by atoms with van der Waals surface area (Å²) in [5.74, 6) is 0.432. The molecular formula is C15H18ClN3O. The Morgan fingerprint density at radius 1 is 1.60 bits per heavy atom. The Hall–Kier alpha value is -1.73. The summed E-state index contributed by atoms with van der Waals surface area (Å²) in [6.45, 7) is 4.03. The molecule has 2 rings (SSSR count). The molecule has 1 saturated heterocycles. The van der Waals surface area contributed by atoms with Gasteiger partial charge >= 0.3 is 0 Å². The molecule has 0 saturated carbocycles. The van der Waals surface area contributed by atoms with E-state index in [0.29, 0.717) is 23.0 Å². The minimum atomic E-state index is 0.00586. The Balaban J connectivity index is 2.09. The monoisotopic (exact) mass is 291 g/mol. The molecule has 0 aliphatic carbocycles. The van der Waals surface area contributed by atoms with Gasteiger partial charge < -0.3 is 10.2 Å². The van der Waals surface area contributed by atoms with Crippen molar-refractivity contribution in [3.05, 3.63) is 28.8 Å². The maximum absolute atomic E-state index is 11.0. The van der Waals surface area contributed by atoms with Crippen LogP contribution in [0.4, 0.5) is 5.69 Å². The molecule has 1 fully saturated rings. The van der Waals surface area contributed by atoms with E-state index >= 15 is 0 Å². The van der Waals surface area contributed by atoms with Crippen molar-refractivity contribution in [1.29, 1.82) is 5.26 Å². The molecule has 0 bridgehead atoms. The lowest BCUT2D eigenvalue weighted by Crippen LogP contribution is -2.40. The van der Waals surface area contributed by atoms with Gasteiger partial charge in [0.15, 0.2) is 0 Å². The third-order valence-corrected chi connectivity index (χ3v) is 3.81. The van der Waals surface area contributed by atoms with E-state index in [-0.39, 0.29) is 5.91 Å². The Morgan fingerprint density at radius 3 is 3.10 bits per heavy atom. The first kappa shape index (κ1) is 14.7. The molecule has 1 aliphatic rings. The number of carbonyl (C=O) groups excluding carboxylic acids is 1. The second kappa shape index (κ2) is 6.62. The quantitative estimate of drug-likeness (QED) is 0.931. The summed E-state index contributed by atoms with van der Waals surface area (Å²) in [5.41, 5.74) is 1.54. The molecule has 1 amide bonds. The van der Waals surface area contributed by atoms with Gasteiger partial charge in [-0.3, -0.25) is 4.79 Å². The highest BCUT2D eigenvalue weighted by Gasteiger charge is 2.22. The van der Waals surface area contributed by atoms with Gasteiger partial charge in [0.25, 0.3) is 0 Å². The molecule has 1 N–H and O–H groups in total. The van der Waals surface area contributed by atoms with Crippen LogP contribution >= 0.6 is 11.6 Å². The van der Waals surface area contributed by atoms with Gasteiger partial charge in [0.05, 0.1) is 11.3 Å². The second-order valence-electron chi connectivity index (χ2n) is 5.16. The summed E-state index contributed by atoms with van der Waals surface area (Å²) in [7, 11) is 0. The number of hydrogen-bond acceptors (Lipinski definition) is 3. The highest BCUT2D eigenvalue weighted by molar-refractivity contribution is 6.30. The molecule has 1 aliphatic heterocycles. The third-order valence-electron chi connectivity index (χ3n) is 3.58. The molecule has 1 heterocycles. The van der Waals surface area contributed by atoms with Crippen LogP contribution in [0.3, 0.4) is 0 Å². The molecule has 0 aromatic heterocycles. The lowest BCUT2D eigenvalue weighted by Gasteiger charge is -2.35. The fourth-order valence-corrected chi connectivity index (χ4v) is 2.78. The van der Waals surface area contributed by atoms with Gasteiger partial charge in [0.1, 0.15) is 6.07 Å². The van der Waals surface area contributed by atoms with Crippen LogP contribution in [0.1, 0.15) is 25.3 Å². The lowest BCUT2D eigenvalue weighted by atomic mass is 9.97. The molecule has 1 aromatic rings. The minimum absolute atomic E-state index is 0.00586. The van der Waals surface area contributed by atoms with Crippen LogP contribution in [0.5, 0.6) is 0 Å². The molecule has 20 heavy (non-hydrogen) atoms. The maximum atomic E-state index is 11.0. The number of benzene rings is 1. The molecular weight excluding hydrogens is 274 g/mol. The molecule has 4 nitrogen and oxygen atoms in total. The predicted octanol–water partition coefficient (Wildman–Crippen LogP) is 2.56. The van der Waals surface area contributed by atoms with Gasteiger partial charge in [0.2, 0.25) is 5.91 Å². The largest absolute Gasteiger partial charge is 0.370 e. The van der Waals surface area contributed by atoms with Gasteiger partial charge in [-0.15, -0.1) is 0 Å². The van der Waals surface area contributed by atoms with Crippen LogP contribution < -0.4 is 10.2 Å². The zero-order valence-corrected chi connectivity index (χ0v) is 12.3. The molecule has 1 atom stereocenters. The van der Waals surface area contributed by atoms with Gasteiger partial charge in [-0.25, -0.2) is 0 Å². The van der Waals surface area contributed by atoms with Crippen LogP contribution in [0.15, 0.2) is 18.2 Å². The van der Waals surface area contributed by atoms with Crippen molar-refractivity contribution in [3.8, 4) is 6.07 Å². The summed E-state index contributed by atoms with van der Waals surface area (Å²) in [6.07, 6.45) is 2.17. The van der Waals surface area contributed by atoms with E-state index in [0.717, 1.165) is 31.6 Å². The van der Waals surface area contributed by atoms with Crippen molar-refractivity contribution < 1.29 is 4.79 Å². The Bertz CT molecular complexity index is 538. The molecule has 0 radical (unpaired) electrons. The summed E-state index contributed by atoms with van der Waals surface area (Å²) in [5, 5.41) is 12.7. The Morgan fingerprint density at radius 2 is 2.40 bits per heavy atom. The zero-order valence-electron chi connectivity index (χ0n) is 11.5. The highest BCUT2D eigenvalue weighted by Crippen LogP contribution is 2.28. The number of nitrogens with zero attached hydrogens (tertiary/aromatic N) is 2. The van der Waals surface area contributed by atoms with E-state index < -0.39 is 0 Å². The normalized spacial score (nSPS) is 18.4. The summed E-state index contributed by atoms with van der Waals surface area (Å²) in [4.78, 5) is 13.2. The van der Waals surface area contributed by atoms with E-state index in [1.54, 1.807) is 6.07 Å². The Labute approximate surface area is 124 Å². The fraction of sp³-hybridized carbons (Fsp3) is 0.467. The molecule has 0 spiro atoms. The van der Waals surface area contributed by atoms with E-state index in [9.17, 15) is 10.1 Å². The number of nitrogens with one attached hydrogen (secondary N) is 1. The number of rotatable bonds is 3. The van der Waals surface area contributed by atoms with Crippen LogP contribution in [0.2, 0.25) is 5.02 Å². The Kier molecular flexibility index (Phi) is 4.86. The second-order valence-corrected chi connectivity index (χ2v) is 5.60. The number of piperidine rings is 1. The third kappa shape index (κ3) is 3.64. The van der Waals surface area contributed by atoms with Crippen molar-refractivity contribution in [2.45, 2.75) is 19.8 Å². The van der Waals surface area contributed by atoms with E-state index in [4.69, 9.17) is 11.6 Å². The first-order valence-corrected chi connectivity index (χ1v) is 7.17. The number of halogens is 1. The number of carbonyl (C=O) groups is 1. The van der Waals surface area contributed by atoms with Crippen LogP contribution in [0, 0.1) is 17.2 Å². The van der Waals surface area contributed by atoms with Gasteiger partial charge in [0, 0.05) is 31.6 Å². The van der Waals surface area contributed by atoms with Crippen molar-refractivity contribution in [2.24, 2.45) is 5.92 Å². The fourth-order valence-electron chi connectivity index (χ4n) is 2.61. The topological polar surface area (TPSA) is 56.1 Å². The summed E-state index contributed by atoms with van der Waals surface area (Å²) >= 11 is 5.93. The number of anilines is 1. The lowest BCUT2D eigenvalue weighted by molar-refractivity contribution is -0.119. The highest BCUT2D eigenvalue weighted by atomic mass is 35.5. The molecule has 1 aromatic carbocycles. The number of nitriles is 1. The van der Waals surface area contributed by atoms with Crippen LogP contribution in [-0.4, -0.2) is 25.5 Å². The number of hydrogen-bond donors (Lipinski definition) is 1. The SMILES string of the molecule is CC(=O)NC[C@@H]1CCCN(c2ccc(Cl)cc2C#N)C1. The van der Waals surface area contributed by atoms with Crippen LogP contribution in [-0.2, 0) is 4.79 Å². The van der Waals surface area contributed by atoms with Crippen molar-refractivity contribution in [3.63, 3.8) is 0 Å². The standard InChI is InChI=1S/C15H18ClN3O/c1-11(20)18-9-12-3-2-6-19(10-12)15-5-4-14(16)7-13(15)8-17/h4-5,7,12H,2-3,6,9-10H2,1H3,(H,18,20)/t12-/m0/s1. The first-order chi connectivity index (χ1) is 9.60. The maximum Gasteiger partial charge on any atom is 0.216 e. The average molecular weight is 292 g/mol. The summed E-state index contributed by atoms with van der Waals surface area (Å²) < 4.78 is 0. The predicted molar refractivity (Wildman–Crippen MR) is 79.8 cm³/mol. The molecule has 0 unspecified atom stereocenters. The van der Waals surface area contributed by atoms with Gasteiger partial charge in [-0.05, 0) is 37.0 Å².